The number of unbranched alkanes of at least 4 members (excludes halogenated alkanes) is 2. The van der Waals surface area contributed by atoms with Crippen LogP contribution in [-0.4, -0.2) is 56.2 Å². The van der Waals surface area contributed by atoms with Crippen molar-refractivity contribution in [2.75, 3.05) is 49.5 Å². The quantitative estimate of drug-likeness (QED) is 0.510. The van der Waals surface area contributed by atoms with E-state index in [-0.39, 0.29) is 11.9 Å². The maximum atomic E-state index is 12.6. The van der Waals surface area contributed by atoms with E-state index in [0.717, 1.165) is 62.4 Å². The van der Waals surface area contributed by atoms with Crippen LogP contribution < -0.4 is 20.3 Å². The Morgan fingerprint density at radius 1 is 0.879 bits per heavy atom. The highest BCUT2D eigenvalue weighted by atomic mass is 16.5. The Morgan fingerprint density at radius 3 is 2.18 bits per heavy atom. The number of ether oxygens (including phenoxy) is 1. The summed E-state index contributed by atoms with van der Waals surface area (Å²) in [5, 5.41) is 5.93. The van der Waals surface area contributed by atoms with Crippen molar-refractivity contribution in [3.63, 3.8) is 0 Å². The highest BCUT2D eigenvalue weighted by Crippen LogP contribution is 2.21. The number of carbonyl (C=O) groups excluding carboxylic acids is 2. The summed E-state index contributed by atoms with van der Waals surface area (Å²) in [6.45, 7) is 8.65. The van der Waals surface area contributed by atoms with Crippen molar-refractivity contribution in [3.05, 3.63) is 54.1 Å². The average Bonchev–Trinajstić information content (AvgIpc) is 2.85. The van der Waals surface area contributed by atoms with Crippen LogP contribution in [0.1, 0.15) is 49.9 Å². The lowest BCUT2D eigenvalue weighted by Crippen LogP contribution is -2.52. The molecule has 0 spiro atoms. The lowest BCUT2D eigenvalue weighted by Gasteiger charge is -2.36. The summed E-state index contributed by atoms with van der Waals surface area (Å²) >= 11 is 0. The van der Waals surface area contributed by atoms with Gasteiger partial charge in [-0.15, -0.1) is 0 Å². The summed E-state index contributed by atoms with van der Waals surface area (Å²) in [4.78, 5) is 28.9. The van der Waals surface area contributed by atoms with Crippen molar-refractivity contribution in [1.29, 1.82) is 0 Å². The van der Waals surface area contributed by atoms with Crippen molar-refractivity contribution in [2.45, 2.75) is 39.5 Å². The molecule has 1 fully saturated rings. The molecule has 0 bridgehead atoms. The van der Waals surface area contributed by atoms with Crippen molar-refractivity contribution in [1.82, 2.24) is 10.2 Å². The minimum Gasteiger partial charge on any atom is -0.494 e. The van der Waals surface area contributed by atoms with Crippen LogP contribution in [0, 0.1) is 0 Å². The van der Waals surface area contributed by atoms with Gasteiger partial charge >= 0.3 is 6.03 Å². The number of carbonyl (C=O) groups is 2. The zero-order chi connectivity index (χ0) is 23.5. The van der Waals surface area contributed by atoms with E-state index in [1.807, 2.05) is 41.3 Å². The number of nitrogens with one attached hydrogen (secondary N) is 2. The molecule has 0 unspecified atom stereocenters. The number of amides is 3. The maximum absolute atomic E-state index is 12.6. The van der Waals surface area contributed by atoms with Gasteiger partial charge in [-0.25, -0.2) is 4.79 Å². The molecule has 7 heteroatoms. The minimum absolute atomic E-state index is 0.0294. The van der Waals surface area contributed by atoms with Gasteiger partial charge in [0.05, 0.1) is 6.61 Å². The lowest BCUT2D eigenvalue weighted by molar-refractivity contribution is 0.102. The number of rotatable bonds is 10. The van der Waals surface area contributed by atoms with Crippen LogP contribution in [0.4, 0.5) is 16.2 Å². The molecule has 1 aliphatic heterocycles. The van der Waals surface area contributed by atoms with Gasteiger partial charge in [-0.2, -0.15) is 0 Å². The molecule has 7 nitrogen and oxygen atoms in total. The SMILES string of the molecule is CCCCNC(=O)N1CCN(c2ccc(NC(=O)c3ccc(OCCCC)cc3)cc2)CC1. The van der Waals surface area contributed by atoms with Crippen molar-refractivity contribution in [3.8, 4) is 5.75 Å². The standard InChI is InChI=1S/C26H36N4O3/c1-3-5-15-27-26(32)30-18-16-29(17-19-30)23-11-9-22(10-12-23)28-25(31)21-7-13-24(14-8-21)33-20-6-4-2/h7-14H,3-6,15-20H2,1-2H3,(H,27,32)(H,28,31). The van der Waals surface area contributed by atoms with Gasteiger partial charge in [-0.05, 0) is 61.4 Å². The van der Waals surface area contributed by atoms with Crippen LogP contribution in [0.15, 0.2) is 48.5 Å². The summed E-state index contributed by atoms with van der Waals surface area (Å²) in [5.41, 5.74) is 2.43. The average molecular weight is 453 g/mol. The first-order valence-electron chi connectivity index (χ1n) is 12.0. The summed E-state index contributed by atoms with van der Waals surface area (Å²) in [7, 11) is 0. The molecule has 2 N–H and O–H groups in total. The van der Waals surface area contributed by atoms with Gasteiger partial charge in [0.15, 0.2) is 0 Å². The second-order valence-electron chi connectivity index (χ2n) is 8.29. The Bertz CT molecular complexity index is 875. The molecule has 0 aromatic heterocycles. The fourth-order valence-corrected chi connectivity index (χ4v) is 3.65. The van der Waals surface area contributed by atoms with E-state index >= 15 is 0 Å². The molecule has 178 valence electrons. The largest absolute Gasteiger partial charge is 0.494 e. The van der Waals surface area contributed by atoms with Gasteiger partial charge in [0.1, 0.15) is 5.75 Å². The van der Waals surface area contributed by atoms with E-state index in [1.54, 1.807) is 12.1 Å². The number of urea groups is 1. The Kier molecular flexibility index (Phi) is 9.42. The highest BCUT2D eigenvalue weighted by Gasteiger charge is 2.21. The van der Waals surface area contributed by atoms with Gasteiger partial charge in [-0.1, -0.05) is 26.7 Å². The third kappa shape index (κ3) is 7.41. The number of hydrogen-bond acceptors (Lipinski definition) is 4. The molecule has 1 saturated heterocycles. The van der Waals surface area contributed by atoms with Gasteiger partial charge in [0.2, 0.25) is 0 Å². The molecule has 0 radical (unpaired) electrons. The van der Waals surface area contributed by atoms with E-state index in [1.165, 1.54) is 0 Å². The Morgan fingerprint density at radius 2 is 1.55 bits per heavy atom. The maximum Gasteiger partial charge on any atom is 0.317 e. The zero-order valence-corrected chi connectivity index (χ0v) is 19.8. The van der Waals surface area contributed by atoms with E-state index in [2.05, 4.69) is 29.4 Å². The van der Waals surface area contributed by atoms with Crippen LogP contribution in [0.3, 0.4) is 0 Å². The number of nitrogens with zero attached hydrogens (tertiary/aromatic N) is 2. The third-order valence-corrected chi connectivity index (χ3v) is 5.75. The van der Waals surface area contributed by atoms with Gasteiger partial charge in [-0.3, -0.25) is 4.79 Å². The van der Waals surface area contributed by atoms with Crippen molar-refractivity contribution >= 4 is 23.3 Å². The Balaban J connectivity index is 1.46. The second-order valence-corrected chi connectivity index (χ2v) is 8.29. The van der Waals surface area contributed by atoms with Crippen LogP contribution in [0.25, 0.3) is 0 Å². The van der Waals surface area contributed by atoms with Gasteiger partial charge < -0.3 is 25.2 Å². The minimum atomic E-state index is -0.148. The van der Waals surface area contributed by atoms with E-state index in [0.29, 0.717) is 25.3 Å². The summed E-state index contributed by atoms with van der Waals surface area (Å²) < 4.78 is 5.65. The summed E-state index contributed by atoms with van der Waals surface area (Å²) in [5.74, 6) is 0.633. The molecule has 0 saturated carbocycles. The highest BCUT2D eigenvalue weighted by molar-refractivity contribution is 6.04. The summed E-state index contributed by atoms with van der Waals surface area (Å²) in [6.07, 6.45) is 4.19. The van der Waals surface area contributed by atoms with Crippen LogP contribution in [0.5, 0.6) is 5.75 Å². The normalized spacial score (nSPS) is 13.5. The number of anilines is 2. The van der Waals surface area contributed by atoms with E-state index in [9.17, 15) is 9.59 Å². The predicted octanol–water partition coefficient (Wildman–Crippen LogP) is 4.75. The number of hydrogen-bond donors (Lipinski definition) is 2. The van der Waals surface area contributed by atoms with Crippen molar-refractivity contribution in [2.24, 2.45) is 0 Å². The smallest absolute Gasteiger partial charge is 0.317 e. The number of piperazine rings is 1. The number of benzene rings is 2. The zero-order valence-electron chi connectivity index (χ0n) is 19.8. The molecule has 2 aromatic rings. The first-order chi connectivity index (χ1) is 16.1. The Hall–Kier alpha value is -3.22. The topological polar surface area (TPSA) is 73.9 Å². The molecule has 0 atom stereocenters. The Labute approximate surface area is 197 Å². The van der Waals surface area contributed by atoms with Crippen LogP contribution in [-0.2, 0) is 0 Å². The fraction of sp³-hybridized carbons (Fsp3) is 0.462. The third-order valence-electron chi connectivity index (χ3n) is 5.75. The summed E-state index contributed by atoms with van der Waals surface area (Å²) in [6, 6.07) is 15.1. The van der Waals surface area contributed by atoms with Crippen LogP contribution >= 0.6 is 0 Å². The fourth-order valence-electron chi connectivity index (χ4n) is 3.65. The molecular weight excluding hydrogens is 416 g/mol. The van der Waals surface area contributed by atoms with E-state index in [4.69, 9.17) is 4.74 Å². The van der Waals surface area contributed by atoms with Crippen molar-refractivity contribution < 1.29 is 14.3 Å². The monoisotopic (exact) mass is 452 g/mol. The predicted molar refractivity (Wildman–Crippen MR) is 133 cm³/mol. The first-order valence-corrected chi connectivity index (χ1v) is 12.0. The molecule has 1 heterocycles. The molecule has 1 aliphatic rings. The molecular formula is C26H36N4O3. The molecule has 3 rings (SSSR count). The molecule has 0 aliphatic carbocycles. The van der Waals surface area contributed by atoms with Gasteiger partial charge in [0, 0.05) is 49.7 Å². The lowest BCUT2D eigenvalue weighted by atomic mass is 10.2. The van der Waals surface area contributed by atoms with Crippen LogP contribution in [0.2, 0.25) is 0 Å². The first kappa shape index (κ1) is 24.4. The molecule has 33 heavy (non-hydrogen) atoms. The molecule has 3 amide bonds. The van der Waals surface area contributed by atoms with E-state index < -0.39 is 0 Å². The molecule has 2 aromatic carbocycles. The second kappa shape index (κ2) is 12.7. The van der Waals surface area contributed by atoms with Gasteiger partial charge in [0.25, 0.3) is 5.91 Å².